The van der Waals surface area contributed by atoms with Crippen molar-refractivity contribution in [2.24, 2.45) is 0 Å². The lowest BCUT2D eigenvalue weighted by atomic mass is 10.2. The Kier molecular flexibility index (Phi) is 3.74. The molecule has 0 saturated heterocycles. The fourth-order valence-electron chi connectivity index (χ4n) is 1.06. The van der Waals surface area contributed by atoms with Crippen molar-refractivity contribution in [2.45, 2.75) is 13.1 Å². The number of nitrogens with zero attached hydrogens (tertiary/aromatic N) is 1. The molecule has 1 aromatic heterocycles. The van der Waals surface area contributed by atoms with Gasteiger partial charge in [0.15, 0.2) is 5.69 Å². The maximum atomic E-state index is 12.6. The zero-order chi connectivity index (χ0) is 12.3. The van der Waals surface area contributed by atoms with Gasteiger partial charge in [-0.05, 0) is 13.0 Å². The standard InChI is InChI=1S/C9H7ClF3NO2/c1-2-16-8(15)7-6(9(11,12)13)5(10)3-4-14-7/h3-4H,2H2,1H3. The van der Waals surface area contributed by atoms with Crippen LogP contribution in [-0.4, -0.2) is 17.6 Å². The number of hydrogen-bond donors (Lipinski definition) is 0. The molecule has 0 N–H and O–H groups in total. The fraction of sp³-hybridized carbons (Fsp3) is 0.333. The summed E-state index contributed by atoms with van der Waals surface area (Å²) in [4.78, 5) is 14.6. The maximum absolute atomic E-state index is 12.6. The van der Waals surface area contributed by atoms with Crippen LogP contribution in [0.3, 0.4) is 0 Å². The fourth-order valence-corrected chi connectivity index (χ4v) is 1.32. The molecule has 0 aliphatic carbocycles. The second-order valence-electron chi connectivity index (χ2n) is 2.73. The largest absolute Gasteiger partial charge is 0.461 e. The van der Waals surface area contributed by atoms with Gasteiger partial charge in [0.2, 0.25) is 0 Å². The molecule has 1 heterocycles. The monoisotopic (exact) mass is 253 g/mol. The summed E-state index contributed by atoms with van der Waals surface area (Å²) < 4.78 is 42.2. The predicted molar refractivity (Wildman–Crippen MR) is 50.2 cm³/mol. The van der Waals surface area contributed by atoms with Crippen LogP contribution in [0, 0.1) is 0 Å². The van der Waals surface area contributed by atoms with Crippen molar-refractivity contribution in [2.75, 3.05) is 6.61 Å². The van der Waals surface area contributed by atoms with E-state index in [2.05, 4.69) is 9.72 Å². The van der Waals surface area contributed by atoms with Crippen LogP contribution in [0.25, 0.3) is 0 Å². The molecule has 88 valence electrons. The van der Waals surface area contributed by atoms with E-state index < -0.39 is 28.4 Å². The number of alkyl halides is 3. The second kappa shape index (κ2) is 4.69. The molecule has 1 aromatic rings. The van der Waals surface area contributed by atoms with Gasteiger partial charge in [-0.2, -0.15) is 13.2 Å². The zero-order valence-electron chi connectivity index (χ0n) is 8.14. The Morgan fingerprint density at radius 3 is 2.69 bits per heavy atom. The lowest BCUT2D eigenvalue weighted by Crippen LogP contribution is -2.17. The van der Waals surface area contributed by atoms with E-state index >= 15 is 0 Å². The summed E-state index contributed by atoms with van der Waals surface area (Å²) in [6, 6.07) is 0.965. The molecule has 0 bridgehead atoms. The number of hydrogen-bond acceptors (Lipinski definition) is 3. The summed E-state index contributed by atoms with van der Waals surface area (Å²) in [5.74, 6) is -1.14. The van der Waals surface area contributed by atoms with Gasteiger partial charge in [0.1, 0.15) is 5.56 Å². The highest BCUT2D eigenvalue weighted by atomic mass is 35.5. The van der Waals surface area contributed by atoms with Crippen molar-refractivity contribution in [1.29, 1.82) is 0 Å². The SMILES string of the molecule is CCOC(=O)c1nccc(Cl)c1C(F)(F)F. The van der Waals surface area contributed by atoms with E-state index in [1.54, 1.807) is 0 Å². The minimum Gasteiger partial charge on any atom is -0.461 e. The quantitative estimate of drug-likeness (QED) is 0.761. The molecule has 0 spiro atoms. The van der Waals surface area contributed by atoms with Crippen LogP contribution in [0.15, 0.2) is 12.3 Å². The van der Waals surface area contributed by atoms with E-state index in [-0.39, 0.29) is 6.61 Å². The highest BCUT2D eigenvalue weighted by Crippen LogP contribution is 2.36. The van der Waals surface area contributed by atoms with Crippen molar-refractivity contribution < 1.29 is 22.7 Å². The molecule has 1 rings (SSSR count). The summed E-state index contributed by atoms with van der Waals surface area (Å²) in [6.45, 7) is 1.44. The first-order valence-electron chi connectivity index (χ1n) is 4.26. The Morgan fingerprint density at radius 1 is 1.56 bits per heavy atom. The van der Waals surface area contributed by atoms with Crippen molar-refractivity contribution >= 4 is 17.6 Å². The summed E-state index contributed by atoms with van der Waals surface area (Å²) in [7, 11) is 0. The van der Waals surface area contributed by atoms with E-state index in [4.69, 9.17) is 11.6 Å². The predicted octanol–water partition coefficient (Wildman–Crippen LogP) is 2.93. The molecule has 0 amide bonds. The van der Waals surface area contributed by atoms with E-state index in [0.29, 0.717) is 0 Å². The topological polar surface area (TPSA) is 39.2 Å². The van der Waals surface area contributed by atoms with E-state index in [0.717, 1.165) is 12.3 Å². The molecular weight excluding hydrogens is 247 g/mol. The number of carbonyl (C=O) groups is 1. The van der Waals surface area contributed by atoms with Gasteiger partial charge in [0, 0.05) is 6.20 Å². The number of carbonyl (C=O) groups excluding carboxylic acids is 1. The smallest absolute Gasteiger partial charge is 0.420 e. The average molecular weight is 254 g/mol. The van der Waals surface area contributed by atoms with Crippen LogP contribution >= 0.6 is 11.6 Å². The van der Waals surface area contributed by atoms with Crippen LogP contribution in [0.5, 0.6) is 0 Å². The third-order valence-corrected chi connectivity index (χ3v) is 1.97. The van der Waals surface area contributed by atoms with Gasteiger partial charge >= 0.3 is 12.1 Å². The summed E-state index contributed by atoms with van der Waals surface area (Å²) in [5.41, 5.74) is -2.09. The lowest BCUT2D eigenvalue weighted by Gasteiger charge is -2.12. The number of esters is 1. The van der Waals surface area contributed by atoms with Crippen LogP contribution in [0.4, 0.5) is 13.2 Å². The molecule has 0 saturated carbocycles. The summed E-state index contributed by atoms with van der Waals surface area (Å²) in [6.07, 6.45) is -3.72. The molecule has 7 heteroatoms. The molecule has 0 aliphatic heterocycles. The Labute approximate surface area is 94.2 Å². The first kappa shape index (κ1) is 12.8. The highest BCUT2D eigenvalue weighted by Gasteiger charge is 2.39. The van der Waals surface area contributed by atoms with Gasteiger partial charge in [0.05, 0.1) is 11.6 Å². The third-order valence-electron chi connectivity index (χ3n) is 1.65. The Bertz CT molecular complexity index is 406. The van der Waals surface area contributed by atoms with Gasteiger partial charge < -0.3 is 4.74 Å². The molecular formula is C9H7ClF3NO2. The van der Waals surface area contributed by atoms with Crippen molar-refractivity contribution in [3.05, 3.63) is 28.5 Å². The molecule has 0 aromatic carbocycles. The lowest BCUT2D eigenvalue weighted by molar-refractivity contribution is -0.138. The van der Waals surface area contributed by atoms with Crippen LogP contribution < -0.4 is 0 Å². The first-order chi connectivity index (χ1) is 7.38. The highest BCUT2D eigenvalue weighted by molar-refractivity contribution is 6.31. The number of pyridine rings is 1. The normalized spacial score (nSPS) is 11.3. The number of rotatable bonds is 2. The van der Waals surface area contributed by atoms with Gasteiger partial charge in [-0.1, -0.05) is 11.6 Å². The number of halogens is 4. The van der Waals surface area contributed by atoms with Gasteiger partial charge in [-0.15, -0.1) is 0 Å². The average Bonchev–Trinajstić information content (AvgIpc) is 2.15. The van der Waals surface area contributed by atoms with Crippen LogP contribution in [0.1, 0.15) is 23.0 Å². The van der Waals surface area contributed by atoms with Crippen LogP contribution in [-0.2, 0) is 10.9 Å². The Hall–Kier alpha value is -1.30. The van der Waals surface area contributed by atoms with Crippen molar-refractivity contribution in [3.8, 4) is 0 Å². The molecule has 0 fully saturated rings. The number of ether oxygens (including phenoxy) is 1. The second-order valence-corrected chi connectivity index (χ2v) is 3.14. The number of aromatic nitrogens is 1. The molecule has 3 nitrogen and oxygen atoms in total. The molecule has 0 unspecified atom stereocenters. The zero-order valence-corrected chi connectivity index (χ0v) is 8.89. The Balaban J connectivity index is 3.29. The van der Waals surface area contributed by atoms with Gasteiger partial charge in [0.25, 0.3) is 0 Å². The van der Waals surface area contributed by atoms with E-state index in [1.165, 1.54) is 6.92 Å². The molecule has 0 radical (unpaired) electrons. The van der Waals surface area contributed by atoms with E-state index in [9.17, 15) is 18.0 Å². The Morgan fingerprint density at radius 2 is 2.19 bits per heavy atom. The molecule has 0 aliphatic rings. The van der Waals surface area contributed by atoms with Crippen molar-refractivity contribution in [3.63, 3.8) is 0 Å². The third kappa shape index (κ3) is 2.63. The van der Waals surface area contributed by atoms with Crippen LogP contribution in [0.2, 0.25) is 5.02 Å². The first-order valence-corrected chi connectivity index (χ1v) is 4.64. The van der Waals surface area contributed by atoms with Crippen molar-refractivity contribution in [1.82, 2.24) is 4.98 Å². The summed E-state index contributed by atoms with van der Waals surface area (Å²) in [5, 5.41) is -0.578. The molecule has 0 atom stereocenters. The maximum Gasteiger partial charge on any atom is 0.420 e. The summed E-state index contributed by atoms with van der Waals surface area (Å²) >= 11 is 5.39. The van der Waals surface area contributed by atoms with Gasteiger partial charge in [-0.3, -0.25) is 0 Å². The minimum atomic E-state index is -4.74. The van der Waals surface area contributed by atoms with E-state index in [1.807, 2.05) is 0 Å². The van der Waals surface area contributed by atoms with Gasteiger partial charge in [-0.25, -0.2) is 9.78 Å². The minimum absolute atomic E-state index is 0.0374. The molecule has 16 heavy (non-hydrogen) atoms.